The van der Waals surface area contributed by atoms with Crippen molar-refractivity contribution < 1.29 is 28.7 Å². The van der Waals surface area contributed by atoms with Crippen LogP contribution in [0, 0.1) is 0 Å². The summed E-state index contributed by atoms with van der Waals surface area (Å²) in [6.07, 6.45) is 20.1. The molecule has 0 fully saturated rings. The van der Waals surface area contributed by atoms with Crippen LogP contribution in [-0.2, 0) is 28.7 Å². The van der Waals surface area contributed by atoms with Gasteiger partial charge in [-0.2, -0.15) is 0 Å². The summed E-state index contributed by atoms with van der Waals surface area (Å²) in [7, 11) is 0. The van der Waals surface area contributed by atoms with Crippen LogP contribution in [0.1, 0.15) is 142 Å². The Hall–Kier alpha value is -1.76. The normalized spacial score (nSPS) is 10.9. The Morgan fingerprint density at radius 1 is 0.500 bits per heavy atom. The van der Waals surface area contributed by atoms with Crippen LogP contribution < -0.4 is 5.73 Å². The molecule has 0 heterocycles. The summed E-state index contributed by atoms with van der Waals surface area (Å²) in [5.74, 6) is -3.78. The van der Waals surface area contributed by atoms with E-state index in [1.807, 2.05) is 0 Å². The van der Waals surface area contributed by atoms with Gasteiger partial charge in [-0.1, -0.05) is 117 Å². The summed E-state index contributed by atoms with van der Waals surface area (Å²) in [6, 6.07) is -1.79. The summed E-state index contributed by atoms with van der Waals surface area (Å²) in [5, 5.41) is 0. The number of esters is 4. The van der Waals surface area contributed by atoms with Crippen LogP contribution >= 0.6 is 0 Å². The highest BCUT2D eigenvalue weighted by Crippen LogP contribution is 2.12. The van der Waals surface area contributed by atoms with Gasteiger partial charge in [0.2, 0.25) is 6.04 Å². The minimum Gasteiger partial charge on any atom is -0.392 e. The van der Waals surface area contributed by atoms with E-state index in [2.05, 4.69) is 23.3 Å². The van der Waals surface area contributed by atoms with E-state index in [1.165, 1.54) is 64.2 Å². The molecule has 0 aliphatic carbocycles. The third kappa shape index (κ3) is 19.7. The molecule has 0 aliphatic rings. The Kier molecular flexibility index (Phi) is 21.8. The number of unbranched alkanes of at least 4 members (excludes halogenated alkanes) is 16. The summed E-state index contributed by atoms with van der Waals surface area (Å²) in [5.41, 5.74) is 5.49. The first-order valence-corrected chi connectivity index (χ1v) is 13.7. The third-order valence-corrected chi connectivity index (χ3v) is 5.91. The molecule has 2 N–H and O–H groups in total. The number of rotatable bonds is 22. The van der Waals surface area contributed by atoms with Crippen molar-refractivity contribution in [1.29, 1.82) is 0 Å². The third-order valence-electron chi connectivity index (χ3n) is 5.91. The van der Waals surface area contributed by atoms with Gasteiger partial charge < -0.3 is 15.2 Å². The van der Waals surface area contributed by atoms with E-state index in [9.17, 15) is 19.2 Å². The molecule has 34 heavy (non-hydrogen) atoms. The summed E-state index contributed by atoms with van der Waals surface area (Å²) in [4.78, 5) is 47.4. The predicted molar refractivity (Wildman–Crippen MR) is 134 cm³/mol. The van der Waals surface area contributed by atoms with Crippen molar-refractivity contribution in [2.24, 2.45) is 5.73 Å². The molecule has 0 aromatic heterocycles. The topological polar surface area (TPSA) is 113 Å². The zero-order valence-corrected chi connectivity index (χ0v) is 21.7. The van der Waals surface area contributed by atoms with E-state index in [-0.39, 0.29) is 12.8 Å². The lowest BCUT2D eigenvalue weighted by Crippen LogP contribution is -2.42. The minimum atomic E-state index is -1.79. The molecule has 0 rings (SSSR count). The van der Waals surface area contributed by atoms with Crippen molar-refractivity contribution in [1.82, 2.24) is 0 Å². The lowest BCUT2D eigenvalue weighted by molar-refractivity contribution is -0.167. The minimum absolute atomic E-state index is 0.0981. The van der Waals surface area contributed by atoms with E-state index in [0.29, 0.717) is 12.8 Å². The van der Waals surface area contributed by atoms with Crippen molar-refractivity contribution in [2.45, 2.75) is 148 Å². The molecule has 198 valence electrons. The molecule has 0 unspecified atom stereocenters. The second-order valence-corrected chi connectivity index (χ2v) is 9.22. The van der Waals surface area contributed by atoms with Crippen LogP contribution in [0.3, 0.4) is 0 Å². The first-order chi connectivity index (χ1) is 16.4. The van der Waals surface area contributed by atoms with E-state index in [0.717, 1.165) is 38.5 Å². The summed E-state index contributed by atoms with van der Waals surface area (Å²) < 4.78 is 9.26. The SMILES string of the molecule is CCCCCCCCCCCC(=O)OC(=O)C(N)C(=O)OC(=O)CCCCCCCCCCC. The Morgan fingerprint density at radius 2 is 0.765 bits per heavy atom. The molecule has 7 heteroatoms. The molecule has 0 aromatic carbocycles. The monoisotopic (exact) mass is 483 g/mol. The van der Waals surface area contributed by atoms with Crippen LogP contribution in [-0.4, -0.2) is 29.9 Å². The maximum Gasteiger partial charge on any atom is 0.342 e. The molecule has 0 spiro atoms. The van der Waals surface area contributed by atoms with Gasteiger partial charge in [0.05, 0.1) is 0 Å². The van der Waals surface area contributed by atoms with Gasteiger partial charge in [0.15, 0.2) is 0 Å². The Balaban J connectivity index is 3.81. The van der Waals surface area contributed by atoms with Gasteiger partial charge in [-0.3, -0.25) is 9.59 Å². The molecule has 0 saturated carbocycles. The first-order valence-electron chi connectivity index (χ1n) is 13.7. The Bertz CT molecular complexity index is 515. The van der Waals surface area contributed by atoms with Crippen molar-refractivity contribution in [2.75, 3.05) is 0 Å². The van der Waals surface area contributed by atoms with E-state index in [1.54, 1.807) is 0 Å². The van der Waals surface area contributed by atoms with Crippen LogP contribution in [0.25, 0.3) is 0 Å². The number of hydrogen-bond donors (Lipinski definition) is 1. The molecule has 0 aromatic rings. The summed E-state index contributed by atoms with van der Waals surface area (Å²) >= 11 is 0. The number of carbonyl (C=O) groups excluding carboxylic acids is 4. The second-order valence-electron chi connectivity index (χ2n) is 9.22. The molecular weight excluding hydrogens is 434 g/mol. The van der Waals surface area contributed by atoms with Gasteiger partial charge >= 0.3 is 23.9 Å². The van der Waals surface area contributed by atoms with Crippen molar-refractivity contribution in [3.8, 4) is 0 Å². The van der Waals surface area contributed by atoms with Crippen molar-refractivity contribution >= 4 is 23.9 Å². The number of nitrogens with two attached hydrogens (primary N) is 1. The molecule has 7 nitrogen and oxygen atoms in total. The quantitative estimate of drug-likeness (QED) is 0.109. The maximum absolute atomic E-state index is 11.9. The number of ether oxygens (including phenoxy) is 2. The number of carbonyl (C=O) groups is 4. The highest BCUT2D eigenvalue weighted by atomic mass is 16.6. The molecule has 0 aliphatic heterocycles. The van der Waals surface area contributed by atoms with Crippen LogP contribution in [0.2, 0.25) is 0 Å². The maximum atomic E-state index is 11.9. The average Bonchev–Trinajstić information content (AvgIpc) is 2.81. The largest absolute Gasteiger partial charge is 0.392 e. The zero-order chi connectivity index (χ0) is 25.4. The lowest BCUT2D eigenvalue weighted by Gasteiger charge is -2.09. The Labute approximate surface area is 206 Å². The highest BCUT2D eigenvalue weighted by molar-refractivity contribution is 6.05. The average molecular weight is 484 g/mol. The van der Waals surface area contributed by atoms with Crippen molar-refractivity contribution in [3.05, 3.63) is 0 Å². The second kappa shape index (κ2) is 23.0. The fraction of sp³-hybridized carbons (Fsp3) is 0.852. The summed E-state index contributed by atoms with van der Waals surface area (Å²) in [6.45, 7) is 4.39. The van der Waals surface area contributed by atoms with Gasteiger partial charge in [-0.05, 0) is 12.8 Å². The van der Waals surface area contributed by atoms with Crippen molar-refractivity contribution in [3.63, 3.8) is 0 Å². The standard InChI is InChI=1S/C27H49NO6/c1-3-5-7-9-11-13-15-17-19-21-23(29)33-26(31)25(28)27(32)34-24(30)22-20-18-16-14-12-10-8-6-4-2/h25H,3-22,28H2,1-2H3. The molecule has 0 radical (unpaired) electrons. The molecule has 0 amide bonds. The molecule has 0 atom stereocenters. The molecular formula is C27H49NO6. The highest BCUT2D eigenvalue weighted by Gasteiger charge is 2.29. The van der Waals surface area contributed by atoms with E-state index in [4.69, 9.17) is 5.73 Å². The number of hydrogen-bond acceptors (Lipinski definition) is 7. The fourth-order valence-corrected chi connectivity index (χ4v) is 3.71. The van der Waals surface area contributed by atoms with Gasteiger partial charge in [0.25, 0.3) is 0 Å². The fourth-order valence-electron chi connectivity index (χ4n) is 3.71. The molecule has 0 bridgehead atoms. The predicted octanol–water partition coefficient (Wildman–Crippen LogP) is 6.30. The Morgan fingerprint density at radius 3 is 1.06 bits per heavy atom. The van der Waals surface area contributed by atoms with Gasteiger partial charge in [0, 0.05) is 12.8 Å². The zero-order valence-electron chi connectivity index (χ0n) is 21.7. The van der Waals surface area contributed by atoms with Gasteiger partial charge in [-0.25, -0.2) is 9.59 Å². The molecule has 0 saturated heterocycles. The van der Waals surface area contributed by atoms with E-state index >= 15 is 0 Å². The van der Waals surface area contributed by atoms with Crippen LogP contribution in [0.5, 0.6) is 0 Å². The lowest BCUT2D eigenvalue weighted by atomic mass is 10.1. The smallest absolute Gasteiger partial charge is 0.342 e. The van der Waals surface area contributed by atoms with Gasteiger partial charge in [0.1, 0.15) is 0 Å². The van der Waals surface area contributed by atoms with Crippen LogP contribution in [0.4, 0.5) is 0 Å². The van der Waals surface area contributed by atoms with Crippen LogP contribution in [0.15, 0.2) is 0 Å². The first kappa shape index (κ1) is 32.2. The van der Waals surface area contributed by atoms with Gasteiger partial charge in [-0.15, -0.1) is 0 Å². The van der Waals surface area contributed by atoms with E-state index < -0.39 is 29.9 Å².